The molecular weight excluding hydrogens is 400 g/mol. The van der Waals surface area contributed by atoms with Gasteiger partial charge in [-0.05, 0) is 30.2 Å². The summed E-state index contributed by atoms with van der Waals surface area (Å²) in [6.45, 7) is 4.14. The first kappa shape index (κ1) is 20.3. The number of ketones is 1. The summed E-state index contributed by atoms with van der Waals surface area (Å²) in [4.78, 5) is 32.8. The van der Waals surface area contributed by atoms with Crippen LogP contribution in [0.15, 0.2) is 53.8 Å². The van der Waals surface area contributed by atoms with Gasteiger partial charge in [0.15, 0.2) is 5.76 Å². The molecule has 154 valence electrons. The number of aryl methyl sites for hydroxylation is 2. The van der Waals surface area contributed by atoms with Crippen molar-refractivity contribution in [1.82, 2.24) is 9.88 Å². The van der Waals surface area contributed by atoms with Crippen LogP contribution in [0.4, 0.5) is 0 Å². The normalized spacial score (nSPS) is 16.7. The molecule has 30 heavy (non-hydrogen) atoms. The van der Waals surface area contributed by atoms with E-state index in [0.717, 1.165) is 21.3 Å². The predicted octanol–water partition coefficient (Wildman–Crippen LogP) is 4.14. The Morgan fingerprint density at radius 3 is 2.63 bits per heavy atom. The van der Waals surface area contributed by atoms with Gasteiger partial charge in [-0.2, -0.15) is 0 Å². The fourth-order valence-corrected chi connectivity index (χ4v) is 4.86. The number of hydrogen-bond acceptors (Lipinski definition) is 6. The van der Waals surface area contributed by atoms with Crippen molar-refractivity contribution in [3.63, 3.8) is 0 Å². The third-order valence-corrected chi connectivity index (χ3v) is 6.38. The number of ether oxygens (including phenoxy) is 1. The fraction of sp³-hybridized carbons (Fsp3) is 0.261. The first-order valence-electron chi connectivity index (χ1n) is 9.63. The summed E-state index contributed by atoms with van der Waals surface area (Å²) >= 11 is 1.27. The molecule has 1 atom stereocenters. The topological polar surface area (TPSA) is 79.7 Å². The van der Waals surface area contributed by atoms with Crippen molar-refractivity contribution >= 4 is 33.8 Å². The van der Waals surface area contributed by atoms with E-state index in [1.807, 2.05) is 49.4 Å². The van der Waals surface area contributed by atoms with E-state index < -0.39 is 17.7 Å². The van der Waals surface area contributed by atoms with Gasteiger partial charge in [-0.25, -0.2) is 4.98 Å². The molecule has 3 aromatic rings. The van der Waals surface area contributed by atoms with Crippen LogP contribution < -0.4 is 0 Å². The molecule has 6 nitrogen and oxygen atoms in total. The monoisotopic (exact) mass is 422 g/mol. The van der Waals surface area contributed by atoms with Crippen LogP contribution in [-0.4, -0.2) is 46.9 Å². The number of thiazole rings is 1. The van der Waals surface area contributed by atoms with Gasteiger partial charge >= 0.3 is 0 Å². The molecule has 2 aromatic carbocycles. The third kappa shape index (κ3) is 3.30. The number of fused-ring (bicyclic) bond motifs is 1. The van der Waals surface area contributed by atoms with Gasteiger partial charge in [-0.3, -0.25) is 9.59 Å². The maximum Gasteiger partial charge on any atom is 0.290 e. The number of Topliss-reactive ketones (excluding diaryl/α,β-unsaturated/α-hetero) is 1. The van der Waals surface area contributed by atoms with Crippen molar-refractivity contribution in [2.75, 3.05) is 20.3 Å². The molecule has 0 saturated heterocycles. The number of methoxy groups -OCH3 is 1. The number of nitrogens with zero attached hydrogens (tertiary/aromatic N) is 2. The van der Waals surface area contributed by atoms with Gasteiger partial charge in [0.05, 0.1) is 33.8 Å². The van der Waals surface area contributed by atoms with Crippen molar-refractivity contribution < 1.29 is 19.4 Å². The molecular formula is C23H22N2O4S. The number of aliphatic hydroxyl groups is 1. The Labute approximate surface area is 178 Å². The quantitative estimate of drug-likeness (QED) is 0.604. The molecule has 1 N–H and O–H groups in total. The average Bonchev–Trinajstić information content (AvgIpc) is 3.21. The minimum Gasteiger partial charge on any atom is -0.503 e. The van der Waals surface area contributed by atoms with Crippen LogP contribution in [0.2, 0.25) is 0 Å². The van der Waals surface area contributed by atoms with Crippen LogP contribution in [-0.2, 0) is 9.53 Å². The lowest BCUT2D eigenvalue weighted by molar-refractivity contribution is -0.130. The summed E-state index contributed by atoms with van der Waals surface area (Å²) in [5.41, 5.74) is 1.49. The van der Waals surface area contributed by atoms with Gasteiger partial charge < -0.3 is 14.7 Å². The summed E-state index contributed by atoms with van der Waals surface area (Å²) in [7, 11) is 1.55. The van der Waals surface area contributed by atoms with E-state index in [9.17, 15) is 14.7 Å². The van der Waals surface area contributed by atoms with Crippen LogP contribution in [0, 0.1) is 13.8 Å². The molecule has 7 heteroatoms. The van der Waals surface area contributed by atoms with Gasteiger partial charge in [0.1, 0.15) is 0 Å². The maximum absolute atomic E-state index is 13.5. The van der Waals surface area contributed by atoms with Crippen LogP contribution in [0.5, 0.6) is 0 Å². The highest BCUT2D eigenvalue weighted by Gasteiger charge is 2.44. The van der Waals surface area contributed by atoms with E-state index in [1.54, 1.807) is 14.0 Å². The lowest BCUT2D eigenvalue weighted by atomic mass is 9.91. The molecule has 0 spiro atoms. The smallest absolute Gasteiger partial charge is 0.290 e. The van der Waals surface area contributed by atoms with Crippen molar-refractivity contribution in [1.29, 1.82) is 0 Å². The highest BCUT2D eigenvalue weighted by atomic mass is 32.1. The Hall–Kier alpha value is -3.03. The minimum atomic E-state index is -0.701. The number of aromatic nitrogens is 1. The van der Waals surface area contributed by atoms with Crippen LogP contribution in [0.25, 0.3) is 10.8 Å². The zero-order valence-electron chi connectivity index (χ0n) is 17.0. The average molecular weight is 423 g/mol. The Balaban J connectivity index is 1.91. The molecule has 1 aromatic heterocycles. The Morgan fingerprint density at radius 1 is 1.20 bits per heavy atom. The number of carbonyl (C=O) groups excluding carboxylic acids is 2. The zero-order chi connectivity index (χ0) is 21.4. The second-order valence-electron chi connectivity index (χ2n) is 7.20. The van der Waals surface area contributed by atoms with E-state index in [1.165, 1.54) is 16.2 Å². The molecule has 0 saturated carbocycles. The van der Waals surface area contributed by atoms with E-state index >= 15 is 0 Å². The Morgan fingerprint density at radius 2 is 1.93 bits per heavy atom. The first-order chi connectivity index (χ1) is 14.4. The highest BCUT2D eigenvalue weighted by molar-refractivity contribution is 7.14. The summed E-state index contributed by atoms with van der Waals surface area (Å²) < 4.78 is 5.17. The largest absolute Gasteiger partial charge is 0.503 e. The van der Waals surface area contributed by atoms with Gasteiger partial charge in [0.2, 0.25) is 5.78 Å². The molecule has 0 aliphatic carbocycles. The van der Waals surface area contributed by atoms with Gasteiger partial charge in [-0.15, -0.1) is 11.3 Å². The molecule has 1 amide bonds. The highest BCUT2D eigenvalue weighted by Crippen LogP contribution is 2.42. The minimum absolute atomic E-state index is 0.0965. The number of aliphatic hydroxyl groups excluding tert-OH is 1. The molecule has 0 fully saturated rings. The SMILES string of the molecule is COCCN1C(=O)C(O)=C(C(=O)c2sc(C)nc2C)C1c1cccc2ccccc12. The van der Waals surface area contributed by atoms with E-state index in [-0.39, 0.29) is 17.9 Å². The fourth-order valence-electron chi connectivity index (χ4n) is 3.98. The molecule has 4 rings (SSSR count). The number of benzene rings is 2. The second kappa shape index (κ2) is 8.01. The number of hydrogen-bond donors (Lipinski definition) is 1. The third-order valence-electron chi connectivity index (χ3n) is 5.31. The van der Waals surface area contributed by atoms with Gasteiger partial charge in [-0.1, -0.05) is 42.5 Å². The standard InChI is InChI=1S/C23H22N2O4S/c1-13-22(30-14(2)24-13)20(26)18-19(25(11-12-29-3)23(28)21(18)27)17-10-6-8-15-7-4-5-9-16(15)17/h4-10,19,27H,11-12H2,1-3H3. The molecule has 1 aliphatic rings. The van der Waals surface area contributed by atoms with Crippen LogP contribution in [0.1, 0.15) is 32.0 Å². The van der Waals surface area contributed by atoms with E-state index in [4.69, 9.17) is 4.74 Å². The number of amides is 1. The van der Waals surface area contributed by atoms with E-state index in [0.29, 0.717) is 17.2 Å². The number of rotatable bonds is 6. The second-order valence-corrected chi connectivity index (χ2v) is 8.40. The molecule has 0 bridgehead atoms. The van der Waals surface area contributed by atoms with Crippen molar-refractivity contribution in [2.24, 2.45) is 0 Å². The Kier molecular flexibility index (Phi) is 5.40. The van der Waals surface area contributed by atoms with Gasteiger partial charge in [0, 0.05) is 13.7 Å². The van der Waals surface area contributed by atoms with Crippen molar-refractivity contribution in [3.8, 4) is 0 Å². The Bertz CT molecular complexity index is 1180. The number of carbonyl (C=O) groups is 2. The van der Waals surface area contributed by atoms with Crippen molar-refractivity contribution in [2.45, 2.75) is 19.9 Å². The summed E-state index contributed by atoms with van der Waals surface area (Å²) in [5, 5.41) is 13.5. The lowest BCUT2D eigenvalue weighted by Gasteiger charge is -2.27. The van der Waals surface area contributed by atoms with Gasteiger partial charge in [0.25, 0.3) is 5.91 Å². The zero-order valence-corrected chi connectivity index (χ0v) is 17.8. The maximum atomic E-state index is 13.5. The summed E-state index contributed by atoms with van der Waals surface area (Å²) in [6, 6.07) is 12.9. The molecule has 0 radical (unpaired) electrons. The molecule has 1 aliphatic heterocycles. The molecule has 1 unspecified atom stereocenters. The first-order valence-corrected chi connectivity index (χ1v) is 10.4. The van der Waals surface area contributed by atoms with Crippen molar-refractivity contribution in [3.05, 3.63) is 74.9 Å². The molecule has 2 heterocycles. The summed E-state index contributed by atoms with van der Waals surface area (Å²) in [6.07, 6.45) is 0. The van der Waals surface area contributed by atoms with E-state index in [2.05, 4.69) is 4.98 Å². The lowest BCUT2D eigenvalue weighted by Crippen LogP contribution is -2.34. The van der Waals surface area contributed by atoms with Crippen LogP contribution in [0.3, 0.4) is 0 Å². The predicted molar refractivity (Wildman–Crippen MR) is 116 cm³/mol. The summed E-state index contributed by atoms with van der Waals surface area (Å²) in [5.74, 6) is -1.42. The van der Waals surface area contributed by atoms with Crippen LogP contribution >= 0.6 is 11.3 Å².